The number of fused-ring (bicyclic) bond motifs is 1. The first-order chi connectivity index (χ1) is 11.2. The number of anilines is 1. The monoisotopic (exact) mass is 367 g/mol. The van der Waals surface area contributed by atoms with E-state index in [1.165, 1.54) is 0 Å². The number of benzene rings is 2. The smallest absolute Gasteiger partial charge is 0.226 e. The molecule has 0 spiro atoms. The van der Waals surface area contributed by atoms with Gasteiger partial charge in [0.25, 0.3) is 0 Å². The van der Waals surface area contributed by atoms with Gasteiger partial charge in [-0.2, -0.15) is 5.10 Å². The number of nitrogens with one attached hydrogen (secondary N) is 1. The number of halogens is 1. The van der Waals surface area contributed by atoms with E-state index in [1.54, 1.807) is 4.68 Å². The van der Waals surface area contributed by atoms with Gasteiger partial charge in [-0.25, -0.2) is 4.68 Å². The summed E-state index contributed by atoms with van der Waals surface area (Å²) in [5.74, 6) is 0.826. The van der Waals surface area contributed by atoms with Crippen molar-refractivity contribution in [3.8, 4) is 5.69 Å². The largest absolute Gasteiger partial charge is 0.310 e. The Morgan fingerprint density at radius 2 is 1.83 bits per heavy atom. The predicted octanol–water partition coefficient (Wildman–Crippen LogP) is 4.11. The fraction of sp³-hybridized carbons (Fsp3) is 0.111. The first kappa shape index (κ1) is 14.2. The van der Waals surface area contributed by atoms with E-state index in [-0.39, 0.29) is 11.8 Å². The summed E-state index contributed by atoms with van der Waals surface area (Å²) in [4.78, 5) is 12.2. The van der Waals surface area contributed by atoms with E-state index in [4.69, 9.17) is 0 Å². The zero-order valence-corrected chi connectivity index (χ0v) is 13.8. The number of hydrogen-bond donors (Lipinski definition) is 1. The van der Waals surface area contributed by atoms with Crippen molar-refractivity contribution in [2.75, 3.05) is 5.32 Å². The second-order valence-corrected chi connectivity index (χ2v) is 6.47. The highest BCUT2D eigenvalue weighted by atomic mass is 79.9. The van der Waals surface area contributed by atoms with Crippen molar-refractivity contribution in [2.45, 2.75) is 12.3 Å². The van der Waals surface area contributed by atoms with E-state index in [0.717, 1.165) is 27.1 Å². The SMILES string of the molecule is O=C1C[C@H](c2ccccc2)c2cnn(-c3ccc(Br)cc3)c2N1. The molecule has 2 heterocycles. The van der Waals surface area contributed by atoms with Crippen LogP contribution in [0.3, 0.4) is 0 Å². The Balaban J connectivity index is 1.81. The summed E-state index contributed by atoms with van der Waals surface area (Å²) >= 11 is 3.43. The molecule has 23 heavy (non-hydrogen) atoms. The Kier molecular flexibility index (Phi) is 3.50. The fourth-order valence-corrected chi connectivity index (χ4v) is 3.24. The van der Waals surface area contributed by atoms with E-state index in [2.05, 4.69) is 38.5 Å². The van der Waals surface area contributed by atoms with Crippen molar-refractivity contribution in [1.29, 1.82) is 0 Å². The molecule has 1 aliphatic rings. The summed E-state index contributed by atoms with van der Waals surface area (Å²) in [5.41, 5.74) is 3.11. The number of hydrogen-bond acceptors (Lipinski definition) is 2. The van der Waals surface area contributed by atoms with Gasteiger partial charge < -0.3 is 5.32 Å². The van der Waals surface area contributed by atoms with Crippen molar-refractivity contribution in [3.05, 3.63) is 76.4 Å². The van der Waals surface area contributed by atoms with Crippen LogP contribution in [0, 0.1) is 0 Å². The zero-order chi connectivity index (χ0) is 15.8. The van der Waals surface area contributed by atoms with E-state index in [0.29, 0.717) is 6.42 Å². The molecular weight excluding hydrogens is 354 g/mol. The average Bonchev–Trinajstić information content (AvgIpc) is 2.99. The summed E-state index contributed by atoms with van der Waals surface area (Å²) < 4.78 is 2.79. The number of carbonyl (C=O) groups is 1. The van der Waals surface area contributed by atoms with Crippen LogP contribution in [0.25, 0.3) is 5.69 Å². The summed E-state index contributed by atoms with van der Waals surface area (Å²) in [6.45, 7) is 0. The lowest BCUT2D eigenvalue weighted by Gasteiger charge is -2.23. The van der Waals surface area contributed by atoms with E-state index < -0.39 is 0 Å². The molecule has 4 nitrogen and oxygen atoms in total. The molecule has 0 radical (unpaired) electrons. The van der Waals surface area contributed by atoms with Gasteiger partial charge in [-0.1, -0.05) is 46.3 Å². The quantitative estimate of drug-likeness (QED) is 0.740. The summed E-state index contributed by atoms with van der Waals surface area (Å²) in [7, 11) is 0. The van der Waals surface area contributed by atoms with Crippen LogP contribution in [-0.4, -0.2) is 15.7 Å². The molecule has 0 unspecified atom stereocenters. The Labute approximate surface area is 142 Å². The van der Waals surface area contributed by atoms with Gasteiger partial charge in [0, 0.05) is 22.4 Å². The highest BCUT2D eigenvalue weighted by Crippen LogP contribution is 2.37. The molecule has 2 aromatic carbocycles. The van der Waals surface area contributed by atoms with E-state index in [1.807, 2.05) is 48.7 Å². The molecule has 0 saturated heterocycles. The molecule has 1 amide bonds. The van der Waals surface area contributed by atoms with Gasteiger partial charge in [0.05, 0.1) is 11.9 Å². The van der Waals surface area contributed by atoms with Gasteiger partial charge >= 0.3 is 0 Å². The molecule has 1 aliphatic heterocycles. The number of carbonyl (C=O) groups excluding carboxylic acids is 1. The van der Waals surface area contributed by atoms with Crippen molar-refractivity contribution in [1.82, 2.24) is 9.78 Å². The minimum Gasteiger partial charge on any atom is -0.310 e. The number of aromatic nitrogens is 2. The molecular formula is C18H14BrN3O. The summed E-state index contributed by atoms with van der Waals surface area (Å²) in [6.07, 6.45) is 2.30. The highest BCUT2D eigenvalue weighted by Gasteiger charge is 2.30. The van der Waals surface area contributed by atoms with Gasteiger partial charge in [-0.3, -0.25) is 4.79 Å². The minimum atomic E-state index is 0.0187. The molecule has 0 aliphatic carbocycles. The first-order valence-corrected chi connectivity index (χ1v) is 8.20. The van der Waals surface area contributed by atoms with Gasteiger partial charge in [-0.05, 0) is 29.8 Å². The third-order valence-corrected chi connectivity index (χ3v) is 4.62. The Hall–Kier alpha value is -2.40. The molecule has 0 bridgehead atoms. The lowest BCUT2D eigenvalue weighted by Crippen LogP contribution is -2.24. The van der Waals surface area contributed by atoms with Gasteiger partial charge in [-0.15, -0.1) is 0 Å². The average molecular weight is 368 g/mol. The Morgan fingerprint density at radius 1 is 1.09 bits per heavy atom. The predicted molar refractivity (Wildman–Crippen MR) is 92.8 cm³/mol. The van der Waals surface area contributed by atoms with E-state index >= 15 is 0 Å². The highest BCUT2D eigenvalue weighted by molar-refractivity contribution is 9.10. The lowest BCUT2D eigenvalue weighted by atomic mass is 9.87. The second-order valence-electron chi connectivity index (χ2n) is 5.55. The van der Waals surface area contributed by atoms with Crippen LogP contribution in [0.15, 0.2) is 65.3 Å². The molecule has 1 N–H and O–H groups in total. The van der Waals surface area contributed by atoms with Crippen molar-refractivity contribution in [2.24, 2.45) is 0 Å². The van der Waals surface area contributed by atoms with Gasteiger partial charge in [0.2, 0.25) is 5.91 Å². The molecule has 114 valence electrons. The van der Waals surface area contributed by atoms with Crippen LogP contribution in [0.5, 0.6) is 0 Å². The first-order valence-electron chi connectivity index (χ1n) is 7.41. The number of nitrogens with zero attached hydrogens (tertiary/aromatic N) is 2. The van der Waals surface area contributed by atoms with Crippen molar-refractivity contribution >= 4 is 27.7 Å². The Bertz CT molecular complexity index is 856. The van der Waals surface area contributed by atoms with Crippen molar-refractivity contribution < 1.29 is 4.79 Å². The molecule has 1 aromatic heterocycles. The molecule has 0 saturated carbocycles. The molecule has 3 aromatic rings. The molecule has 0 fully saturated rings. The standard InChI is InChI=1S/C18H14BrN3O/c19-13-6-8-14(9-7-13)22-18-16(11-20-22)15(10-17(23)21-18)12-4-2-1-3-5-12/h1-9,11,15H,10H2,(H,21,23)/t15-/m1/s1. The van der Waals surface area contributed by atoms with Crippen molar-refractivity contribution in [3.63, 3.8) is 0 Å². The van der Waals surface area contributed by atoms with Gasteiger partial charge in [0.15, 0.2) is 0 Å². The summed E-state index contributed by atoms with van der Waals surface area (Å²) in [6, 6.07) is 18.0. The van der Waals surface area contributed by atoms with Crippen LogP contribution < -0.4 is 5.32 Å². The zero-order valence-electron chi connectivity index (χ0n) is 12.2. The maximum absolute atomic E-state index is 12.2. The maximum atomic E-state index is 12.2. The minimum absolute atomic E-state index is 0.0187. The van der Waals surface area contributed by atoms with Gasteiger partial charge in [0.1, 0.15) is 5.82 Å². The maximum Gasteiger partial charge on any atom is 0.226 e. The topological polar surface area (TPSA) is 46.9 Å². The van der Waals surface area contributed by atoms with Crippen LogP contribution >= 0.6 is 15.9 Å². The normalized spacial score (nSPS) is 16.7. The summed E-state index contributed by atoms with van der Waals surface area (Å²) in [5, 5.41) is 7.47. The second kappa shape index (κ2) is 5.66. The fourth-order valence-electron chi connectivity index (χ4n) is 2.98. The Morgan fingerprint density at radius 3 is 2.57 bits per heavy atom. The molecule has 1 atom stereocenters. The van der Waals surface area contributed by atoms with Crippen LogP contribution in [0.1, 0.15) is 23.5 Å². The molecule has 5 heteroatoms. The third kappa shape index (κ3) is 2.57. The number of rotatable bonds is 2. The number of amides is 1. The van der Waals surface area contributed by atoms with Crippen LogP contribution in [0.2, 0.25) is 0 Å². The van der Waals surface area contributed by atoms with Crippen LogP contribution in [-0.2, 0) is 4.79 Å². The lowest BCUT2D eigenvalue weighted by molar-refractivity contribution is -0.116. The molecule has 4 rings (SSSR count). The van der Waals surface area contributed by atoms with E-state index in [9.17, 15) is 4.79 Å². The third-order valence-electron chi connectivity index (χ3n) is 4.09. The van der Waals surface area contributed by atoms with Crippen LogP contribution in [0.4, 0.5) is 5.82 Å².